The Kier molecular flexibility index (Phi) is 5.61. The molecule has 1 heterocycles. The highest BCUT2D eigenvalue weighted by Crippen LogP contribution is 2.32. The van der Waals surface area contributed by atoms with Gasteiger partial charge in [0.15, 0.2) is 0 Å². The van der Waals surface area contributed by atoms with Gasteiger partial charge >= 0.3 is 0 Å². The molecule has 3 heteroatoms. The Morgan fingerprint density at radius 2 is 1.78 bits per heavy atom. The van der Waals surface area contributed by atoms with Crippen LogP contribution in [0.2, 0.25) is 0 Å². The van der Waals surface area contributed by atoms with Gasteiger partial charge in [-0.15, -0.1) is 0 Å². The van der Waals surface area contributed by atoms with Gasteiger partial charge in [-0.25, -0.2) is 4.39 Å². The molecule has 3 aromatic carbocycles. The van der Waals surface area contributed by atoms with Crippen LogP contribution in [0.5, 0.6) is 0 Å². The van der Waals surface area contributed by atoms with Gasteiger partial charge in [-0.2, -0.15) is 0 Å². The Morgan fingerprint density at radius 1 is 0.963 bits per heavy atom. The first-order chi connectivity index (χ1) is 13.3. The number of hydrogen-bond donors (Lipinski definition) is 1. The molecule has 2 unspecified atom stereocenters. The van der Waals surface area contributed by atoms with Crippen LogP contribution in [-0.2, 0) is 11.2 Å². The molecule has 1 saturated heterocycles. The molecule has 2 atom stereocenters. The van der Waals surface area contributed by atoms with Gasteiger partial charge in [0.25, 0.3) is 0 Å². The fourth-order valence-electron chi connectivity index (χ4n) is 3.88. The van der Waals surface area contributed by atoms with Crippen molar-refractivity contribution in [3.63, 3.8) is 0 Å². The maximum Gasteiger partial charge on any atom is 0.123 e. The van der Waals surface area contributed by atoms with Gasteiger partial charge in [-0.3, -0.25) is 0 Å². The topological polar surface area (TPSA) is 21.3 Å². The summed E-state index contributed by atoms with van der Waals surface area (Å²) in [5.41, 5.74) is 4.49. The lowest BCUT2D eigenvalue weighted by Gasteiger charge is -2.32. The van der Waals surface area contributed by atoms with E-state index >= 15 is 0 Å². The van der Waals surface area contributed by atoms with Gasteiger partial charge < -0.3 is 10.1 Å². The summed E-state index contributed by atoms with van der Waals surface area (Å²) in [6, 6.07) is 25.7. The Bertz CT molecular complexity index is 874. The molecule has 0 amide bonds. The van der Waals surface area contributed by atoms with E-state index < -0.39 is 0 Å². The van der Waals surface area contributed by atoms with E-state index in [4.69, 9.17) is 4.74 Å². The molecule has 138 valence electrons. The fourth-order valence-corrected chi connectivity index (χ4v) is 3.88. The Labute approximate surface area is 160 Å². The molecule has 1 N–H and O–H groups in total. The summed E-state index contributed by atoms with van der Waals surface area (Å²) >= 11 is 0. The van der Waals surface area contributed by atoms with Crippen LogP contribution in [0.1, 0.15) is 17.0 Å². The van der Waals surface area contributed by atoms with Gasteiger partial charge in [0.05, 0.1) is 12.7 Å². The van der Waals surface area contributed by atoms with E-state index in [0.29, 0.717) is 0 Å². The highest BCUT2D eigenvalue weighted by atomic mass is 19.1. The first-order valence-electron chi connectivity index (χ1n) is 9.52. The summed E-state index contributed by atoms with van der Waals surface area (Å²) in [5.74, 6) is 0.0374. The number of benzene rings is 3. The van der Waals surface area contributed by atoms with E-state index in [2.05, 4.69) is 47.8 Å². The maximum absolute atomic E-state index is 13.8. The minimum atomic E-state index is -0.207. The largest absolute Gasteiger partial charge is 0.375 e. The van der Waals surface area contributed by atoms with Crippen molar-refractivity contribution in [1.29, 1.82) is 0 Å². The van der Waals surface area contributed by atoms with Crippen LogP contribution < -0.4 is 5.32 Å². The molecule has 1 aliphatic heterocycles. The Morgan fingerprint density at radius 3 is 2.56 bits per heavy atom. The molecule has 0 bridgehead atoms. The van der Waals surface area contributed by atoms with Gasteiger partial charge in [-0.05, 0) is 40.8 Å². The van der Waals surface area contributed by atoms with Gasteiger partial charge in [0, 0.05) is 19.0 Å². The molecule has 27 heavy (non-hydrogen) atoms. The second-order valence-electron chi connectivity index (χ2n) is 7.00. The zero-order valence-electron chi connectivity index (χ0n) is 15.3. The Balaban J connectivity index is 1.69. The summed E-state index contributed by atoms with van der Waals surface area (Å²) in [7, 11) is 0. The van der Waals surface area contributed by atoms with E-state index in [1.807, 2.05) is 18.2 Å². The molecule has 0 aliphatic carbocycles. The third kappa shape index (κ3) is 4.26. The van der Waals surface area contributed by atoms with E-state index in [9.17, 15) is 4.39 Å². The van der Waals surface area contributed by atoms with Crippen molar-refractivity contribution in [3.05, 3.63) is 95.8 Å². The van der Waals surface area contributed by atoms with Crippen molar-refractivity contribution in [3.8, 4) is 11.1 Å². The zero-order chi connectivity index (χ0) is 18.5. The zero-order valence-corrected chi connectivity index (χ0v) is 15.3. The van der Waals surface area contributed by atoms with Crippen LogP contribution in [0.25, 0.3) is 11.1 Å². The van der Waals surface area contributed by atoms with Crippen LogP contribution in [0.4, 0.5) is 4.39 Å². The second-order valence-corrected chi connectivity index (χ2v) is 7.00. The molecule has 1 aliphatic rings. The van der Waals surface area contributed by atoms with E-state index in [1.54, 1.807) is 12.1 Å². The quantitative estimate of drug-likeness (QED) is 0.704. The predicted octanol–water partition coefficient (Wildman–Crippen LogP) is 4.81. The summed E-state index contributed by atoms with van der Waals surface area (Å²) < 4.78 is 19.9. The van der Waals surface area contributed by atoms with Crippen LogP contribution in [-0.4, -0.2) is 25.8 Å². The summed E-state index contributed by atoms with van der Waals surface area (Å²) in [6.07, 6.45) is 0.977. The molecule has 3 aromatic rings. The average Bonchev–Trinajstić information content (AvgIpc) is 2.73. The summed E-state index contributed by atoms with van der Waals surface area (Å²) in [6.45, 7) is 2.49. The monoisotopic (exact) mass is 361 g/mol. The average molecular weight is 361 g/mol. The molecule has 1 fully saturated rings. The molecule has 0 radical (unpaired) electrons. The third-order valence-corrected chi connectivity index (χ3v) is 5.23. The van der Waals surface area contributed by atoms with Crippen molar-refractivity contribution in [1.82, 2.24) is 5.32 Å². The lowest BCUT2D eigenvalue weighted by molar-refractivity contribution is 0.0110. The van der Waals surface area contributed by atoms with Crippen molar-refractivity contribution >= 4 is 0 Å². The molecule has 4 rings (SSSR count). The summed E-state index contributed by atoms with van der Waals surface area (Å²) in [5, 5.41) is 3.45. The number of morpholine rings is 1. The van der Waals surface area contributed by atoms with E-state index in [-0.39, 0.29) is 17.8 Å². The van der Waals surface area contributed by atoms with Crippen LogP contribution >= 0.6 is 0 Å². The van der Waals surface area contributed by atoms with Gasteiger partial charge in [0.2, 0.25) is 0 Å². The molecule has 0 aromatic heterocycles. The van der Waals surface area contributed by atoms with Crippen LogP contribution in [0.3, 0.4) is 0 Å². The van der Waals surface area contributed by atoms with Gasteiger partial charge in [-0.1, -0.05) is 66.7 Å². The highest BCUT2D eigenvalue weighted by molar-refractivity contribution is 5.67. The number of hydrogen-bond acceptors (Lipinski definition) is 2. The standard InChI is InChI=1S/C24H24FNO/c25-21-11-6-10-19(15-21)22-12-5-4-9-20(22)16-23(18-7-2-1-3-8-18)24-17-26-13-14-27-24/h1-12,15,23-24,26H,13-14,16-17H2. The van der Waals surface area contributed by atoms with Crippen molar-refractivity contribution in [2.45, 2.75) is 18.4 Å². The van der Waals surface area contributed by atoms with Crippen LogP contribution in [0.15, 0.2) is 78.9 Å². The molecular formula is C24H24FNO. The normalized spacial score (nSPS) is 18.2. The first kappa shape index (κ1) is 17.9. The van der Waals surface area contributed by atoms with Crippen molar-refractivity contribution in [2.75, 3.05) is 19.7 Å². The van der Waals surface area contributed by atoms with Gasteiger partial charge in [0.1, 0.15) is 5.82 Å². The lowest BCUT2D eigenvalue weighted by atomic mass is 9.84. The maximum atomic E-state index is 13.8. The molecule has 0 saturated carbocycles. The second kappa shape index (κ2) is 8.47. The SMILES string of the molecule is Fc1cccc(-c2ccccc2CC(c2ccccc2)C2CNCCO2)c1. The molecule has 0 spiro atoms. The summed E-state index contributed by atoms with van der Waals surface area (Å²) in [4.78, 5) is 0. The number of ether oxygens (including phenoxy) is 1. The van der Waals surface area contributed by atoms with Crippen molar-refractivity contribution < 1.29 is 9.13 Å². The van der Waals surface area contributed by atoms with E-state index in [0.717, 1.165) is 37.2 Å². The first-order valence-corrected chi connectivity index (χ1v) is 9.52. The number of halogens is 1. The van der Waals surface area contributed by atoms with Crippen molar-refractivity contribution in [2.24, 2.45) is 0 Å². The highest BCUT2D eigenvalue weighted by Gasteiger charge is 2.27. The fraction of sp³-hybridized carbons (Fsp3) is 0.250. The Hall–Kier alpha value is -2.49. The molecular weight excluding hydrogens is 337 g/mol. The minimum absolute atomic E-state index is 0.127. The van der Waals surface area contributed by atoms with E-state index in [1.165, 1.54) is 17.2 Å². The molecule has 2 nitrogen and oxygen atoms in total. The smallest absolute Gasteiger partial charge is 0.123 e. The third-order valence-electron chi connectivity index (χ3n) is 5.23. The van der Waals surface area contributed by atoms with Crippen LogP contribution in [0, 0.1) is 5.82 Å². The minimum Gasteiger partial charge on any atom is -0.375 e. The number of rotatable bonds is 5. The predicted molar refractivity (Wildman–Crippen MR) is 107 cm³/mol. The lowest BCUT2D eigenvalue weighted by Crippen LogP contribution is -2.42. The number of nitrogens with one attached hydrogen (secondary N) is 1.